The molecule has 1 aliphatic heterocycles. The highest BCUT2D eigenvalue weighted by Crippen LogP contribution is 2.54. The second-order valence-corrected chi connectivity index (χ2v) is 8.00. The number of likely N-dealkylation sites (tertiary alicyclic amines) is 1. The molecule has 1 saturated heterocycles. The molecule has 2 aliphatic rings. The van der Waals surface area contributed by atoms with Crippen LogP contribution in [0.15, 0.2) is 48.5 Å². The highest BCUT2D eigenvalue weighted by atomic mass is 19.4. The molecular formula is C23H26F3NO2. The van der Waals surface area contributed by atoms with Crippen molar-refractivity contribution in [2.24, 2.45) is 17.8 Å². The molecule has 2 aromatic carbocycles. The van der Waals surface area contributed by atoms with Gasteiger partial charge in [0.15, 0.2) is 0 Å². The number of aryl methyl sites for hydroxylation is 1. The lowest BCUT2D eigenvalue weighted by molar-refractivity contribution is -0.274. The lowest BCUT2D eigenvalue weighted by Gasteiger charge is -2.19. The molecule has 0 spiro atoms. The Labute approximate surface area is 169 Å². The molecule has 3 nitrogen and oxygen atoms in total. The molecular weight excluding hydrogens is 379 g/mol. The summed E-state index contributed by atoms with van der Waals surface area (Å²) in [5, 5.41) is 0. The first-order valence-electron chi connectivity index (χ1n) is 10.2. The molecule has 156 valence electrons. The fourth-order valence-corrected chi connectivity index (χ4v) is 4.64. The van der Waals surface area contributed by atoms with E-state index < -0.39 is 6.36 Å². The first-order valence-corrected chi connectivity index (χ1v) is 10.2. The van der Waals surface area contributed by atoms with Gasteiger partial charge in [0, 0.05) is 19.6 Å². The standard InChI is InChI=1S/C23H26F3NO2/c1-2-28-18-9-6-17(7-10-18)13-27-14-21-20(22(21)15-27)11-8-16-4-3-5-19(12-16)29-23(24,25)26/h3-7,9-10,12,20-22H,2,8,11,13-15H2,1H3. The Bertz CT molecular complexity index is 810. The van der Waals surface area contributed by atoms with Crippen molar-refractivity contribution in [2.45, 2.75) is 32.7 Å². The summed E-state index contributed by atoms with van der Waals surface area (Å²) in [5.74, 6) is 2.93. The summed E-state index contributed by atoms with van der Waals surface area (Å²) in [7, 11) is 0. The summed E-state index contributed by atoms with van der Waals surface area (Å²) in [6.07, 6.45) is -2.81. The van der Waals surface area contributed by atoms with E-state index in [4.69, 9.17) is 4.74 Å². The van der Waals surface area contributed by atoms with Gasteiger partial charge in [-0.15, -0.1) is 13.2 Å². The molecule has 2 unspecified atom stereocenters. The van der Waals surface area contributed by atoms with Crippen LogP contribution in [0, 0.1) is 17.8 Å². The quantitative estimate of drug-likeness (QED) is 0.595. The Balaban J connectivity index is 1.21. The predicted octanol–water partition coefficient (Wildman–Crippen LogP) is 5.29. The van der Waals surface area contributed by atoms with Crippen molar-refractivity contribution < 1.29 is 22.6 Å². The van der Waals surface area contributed by atoms with Crippen LogP contribution in [0.1, 0.15) is 24.5 Å². The molecule has 0 N–H and O–H groups in total. The van der Waals surface area contributed by atoms with Crippen LogP contribution in [0.25, 0.3) is 0 Å². The average Bonchev–Trinajstić information content (AvgIpc) is 3.12. The van der Waals surface area contributed by atoms with Crippen molar-refractivity contribution in [1.29, 1.82) is 0 Å². The normalized spacial score (nSPS) is 23.7. The zero-order chi connectivity index (χ0) is 20.4. The maximum Gasteiger partial charge on any atom is 0.573 e. The number of halogens is 3. The lowest BCUT2D eigenvalue weighted by Crippen LogP contribution is -2.24. The molecule has 4 rings (SSSR count). The van der Waals surface area contributed by atoms with E-state index in [0.29, 0.717) is 12.5 Å². The van der Waals surface area contributed by atoms with Gasteiger partial charge in [-0.2, -0.15) is 0 Å². The molecule has 2 aromatic rings. The van der Waals surface area contributed by atoms with E-state index in [0.717, 1.165) is 55.6 Å². The van der Waals surface area contributed by atoms with E-state index in [-0.39, 0.29) is 5.75 Å². The third kappa shape index (κ3) is 5.24. The van der Waals surface area contributed by atoms with Gasteiger partial charge in [0.25, 0.3) is 0 Å². The third-order valence-electron chi connectivity index (χ3n) is 5.99. The molecule has 29 heavy (non-hydrogen) atoms. The minimum absolute atomic E-state index is 0.132. The number of rotatable bonds is 8. The van der Waals surface area contributed by atoms with Crippen LogP contribution in [-0.4, -0.2) is 31.0 Å². The zero-order valence-electron chi connectivity index (χ0n) is 16.5. The average molecular weight is 405 g/mol. The van der Waals surface area contributed by atoms with Crippen LogP contribution in [0.5, 0.6) is 11.5 Å². The van der Waals surface area contributed by atoms with Gasteiger partial charge in [0.05, 0.1) is 6.61 Å². The molecule has 0 radical (unpaired) electrons. The monoisotopic (exact) mass is 405 g/mol. The number of ether oxygens (including phenoxy) is 2. The van der Waals surface area contributed by atoms with Crippen molar-refractivity contribution in [2.75, 3.05) is 19.7 Å². The summed E-state index contributed by atoms with van der Waals surface area (Å²) in [5.41, 5.74) is 2.20. The van der Waals surface area contributed by atoms with Crippen LogP contribution in [0.3, 0.4) is 0 Å². The summed E-state index contributed by atoms with van der Waals surface area (Å²) >= 11 is 0. The lowest BCUT2D eigenvalue weighted by atomic mass is 10.0. The molecule has 0 bridgehead atoms. The van der Waals surface area contributed by atoms with Crippen molar-refractivity contribution in [3.05, 3.63) is 59.7 Å². The van der Waals surface area contributed by atoms with Crippen LogP contribution in [0.4, 0.5) is 13.2 Å². The van der Waals surface area contributed by atoms with Gasteiger partial charge < -0.3 is 9.47 Å². The fraction of sp³-hybridized carbons (Fsp3) is 0.478. The smallest absolute Gasteiger partial charge is 0.494 e. The van der Waals surface area contributed by atoms with Crippen molar-refractivity contribution in [3.63, 3.8) is 0 Å². The molecule has 1 heterocycles. The Morgan fingerprint density at radius 1 is 0.966 bits per heavy atom. The summed E-state index contributed by atoms with van der Waals surface area (Å²) in [6, 6.07) is 14.7. The number of benzene rings is 2. The SMILES string of the molecule is CCOc1ccc(CN2CC3C(CCc4cccc(OC(F)(F)F)c4)C3C2)cc1. The minimum Gasteiger partial charge on any atom is -0.494 e. The van der Waals surface area contributed by atoms with Gasteiger partial charge in [-0.1, -0.05) is 24.3 Å². The van der Waals surface area contributed by atoms with Gasteiger partial charge in [-0.25, -0.2) is 0 Å². The fourth-order valence-electron chi connectivity index (χ4n) is 4.64. The van der Waals surface area contributed by atoms with Crippen LogP contribution in [-0.2, 0) is 13.0 Å². The van der Waals surface area contributed by atoms with Gasteiger partial charge in [0.1, 0.15) is 11.5 Å². The summed E-state index contributed by atoms with van der Waals surface area (Å²) in [6.45, 7) is 5.84. The number of alkyl halides is 3. The van der Waals surface area contributed by atoms with Gasteiger partial charge >= 0.3 is 6.36 Å². The molecule has 2 atom stereocenters. The molecule has 1 saturated carbocycles. The second kappa shape index (κ2) is 8.27. The molecule has 2 fully saturated rings. The van der Waals surface area contributed by atoms with Gasteiger partial charge in [-0.3, -0.25) is 4.90 Å². The third-order valence-corrected chi connectivity index (χ3v) is 5.99. The predicted molar refractivity (Wildman–Crippen MR) is 105 cm³/mol. The van der Waals surface area contributed by atoms with E-state index in [2.05, 4.69) is 21.8 Å². The van der Waals surface area contributed by atoms with Crippen molar-refractivity contribution in [1.82, 2.24) is 4.90 Å². The molecule has 1 aliphatic carbocycles. The number of piperidine rings is 1. The largest absolute Gasteiger partial charge is 0.573 e. The van der Waals surface area contributed by atoms with E-state index in [9.17, 15) is 13.2 Å². The van der Waals surface area contributed by atoms with Gasteiger partial charge in [-0.05, 0) is 72.9 Å². The Morgan fingerprint density at radius 2 is 1.69 bits per heavy atom. The highest BCUT2D eigenvalue weighted by Gasteiger charge is 2.54. The van der Waals surface area contributed by atoms with Crippen LogP contribution >= 0.6 is 0 Å². The number of fused-ring (bicyclic) bond motifs is 1. The first-order chi connectivity index (χ1) is 13.9. The van der Waals surface area contributed by atoms with E-state index in [1.807, 2.05) is 25.1 Å². The topological polar surface area (TPSA) is 21.7 Å². The maximum atomic E-state index is 12.4. The molecule has 0 amide bonds. The molecule has 6 heteroatoms. The number of hydrogen-bond donors (Lipinski definition) is 0. The van der Waals surface area contributed by atoms with E-state index in [1.165, 1.54) is 17.7 Å². The van der Waals surface area contributed by atoms with Gasteiger partial charge in [0.2, 0.25) is 0 Å². The first kappa shape index (κ1) is 20.1. The number of nitrogens with zero attached hydrogens (tertiary/aromatic N) is 1. The minimum atomic E-state index is -4.64. The summed E-state index contributed by atoms with van der Waals surface area (Å²) in [4.78, 5) is 2.50. The summed E-state index contributed by atoms with van der Waals surface area (Å²) < 4.78 is 46.6. The number of hydrogen-bond acceptors (Lipinski definition) is 3. The Kier molecular flexibility index (Phi) is 5.72. The van der Waals surface area contributed by atoms with E-state index in [1.54, 1.807) is 6.07 Å². The van der Waals surface area contributed by atoms with Crippen molar-refractivity contribution >= 4 is 0 Å². The van der Waals surface area contributed by atoms with Crippen molar-refractivity contribution in [3.8, 4) is 11.5 Å². The highest BCUT2D eigenvalue weighted by molar-refractivity contribution is 5.29. The van der Waals surface area contributed by atoms with E-state index >= 15 is 0 Å². The molecule has 0 aromatic heterocycles. The Morgan fingerprint density at radius 3 is 2.34 bits per heavy atom. The van der Waals surface area contributed by atoms with Crippen LogP contribution < -0.4 is 9.47 Å². The maximum absolute atomic E-state index is 12.4. The zero-order valence-corrected chi connectivity index (χ0v) is 16.5. The Hall–Kier alpha value is -2.21. The second-order valence-electron chi connectivity index (χ2n) is 8.00. The van der Waals surface area contributed by atoms with Crippen LogP contribution in [0.2, 0.25) is 0 Å².